The summed E-state index contributed by atoms with van der Waals surface area (Å²) in [5, 5.41) is 4.41. The van der Waals surface area contributed by atoms with Crippen molar-refractivity contribution in [1.29, 1.82) is 0 Å². The van der Waals surface area contributed by atoms with E-state index in [9.17, 15) is 4.79 Å². The summed E-state index contributed by atoms with van der Waals surface area (Å²) in [6, 6.07) is 3.42. The zero-order valence-electron chi connectivity index (χ0n) is 12.4. The molecule has 0 atom stereocenters. The Kier molecular flexibility index (Phi) is 5.32. The first-order chi connectivity index (χ1) is 10.1. The van der Waals surface area contributed by atoms with Gasteiger partial charge in [0, 0.05) is 24.0 Å². The average Bonchev–Trinajstić information content (AvgIpc) is 2.37. The third kappa shape index (κ3) is 4.56. The molecule has 2 rings (SSSR count). The standard InChI is InChI=1S/C14H19N5OS/c1-4-6-10-8-11(20)18-14(17-10)21-12-7-9(3)16-13(19-12)15-5-2/h7-8H,4-6H2,1-3H3,(H,15,16,19)(H,17,18,20). The maximum atomic E-state index is 11.7. The van der Waals surface area contributed by atoms with Crippen LogP contribution in [0.3, 0.4) is 0 Å². The van der Waals surface area contributed by atoms with E-state index in [-0.39, 0.29) is 5.56 Å². The molecule has 0 unspecified atom stereocenters. The number of aromatic nitrogens is 4. The Morgan fingerprint density at radius 3 is 2.76 bits per heavy atom. The maximum absolute atomic E-state index is 11.7. The predicted molar refractivity (Wildman–Crippen MR) is 83.9 cm³/mol. The van der Waals surface area contributed by atoms with E-state index in [2.05, 4.69) is 32.2 Å². The van der Waals surface area contributed by atoms with E-state index in [0.29, 0.717) is 11.1 Å². The van der Waals surface area contributed by atoms with Crippen LogP contribution in [0.15, 0.2) is 27.1 Å². The number of H-pyrrole nitrogens is 1. The lowest BCUT2D eigenvalue weighted by molar-refractivity contribution is 0.814. The molecule has 0 amide bonds. The molecule has 21 heavy (non-hydrogen) atoms. The fourth-order valence-corrected chi connectivity index (χ4v) is 2.72. The fourth-order valence-electron chi connectivity index (χ4n) is 1.84. The van der Waals surface area contributed by atoms with Crippen molar-refractivity contribution in [3.05, 3.63) is 33.9 Å². The van der Waals surface area contributed by atoms with E-state index < -0.39 is 0 Å². The lowest BCUT2D eigenvalue weighted by atomic mass is 10.2. The van der Waals surface area contributed by atoms with Crippen molar-refractivity contribution >= 4 is 17.7 Å². The van der Waals surface area contributed by atoms with Gasteiger partial charge in [0.25, 0.3) is 5.56 Å². The normalized spacial score (nSPS) is 10.6. The van der Waals surface area contributed by atoms with Crippen LogP contribution in [0.25, 0.3) is 0 Å². The molecule has 6 nitrogen and oxygen atoms in total. The van der Waals surface area contributed by atoms with Crippen molar-refractivity contribution in [2.75, 3.05) is 11.9 Å². The van der Waals surface area contributed by atoms with Gasteiger partial charge in [0.2, 0.25) is 5.95 Å². The molecule has 0 radical (unpaired) electrons. The summed E-state index contributed by atoms with van der Waals surface area (Å²) < 4.78 is 0. The van der Waals surface area contributed by atoms with Crippen molar-refractivity contribution in [2.45, 2.75) is 43.8 Å². The molecule has 7 heteroatoms. The molecule has 2 aromatic heterocycles. The zero-order chi connectivity index (χ0) is 15.2. The first-order valence-corrected chi connectivity index (χ1v) is 7.80. The van der Waals surface area contributed by atoms with Crippen molar-refractivity contribution in [2.24, 2.45) is 0 Å². The van der Waals surface area contributed by atoms with E-state index in [4.69, 9.17) is 0 Å². The van der Waals surface area contributed by atoms with E-state index in [1.165, 1.54) is 11.8 Å². The van der Waals surface area contributed by atoms with E-state index >= 15 is 0 Å². The molecule has 0 spiro atoms. The molecule has 0 bridgehead atoms. The summed E-state index contributed by atoms with van der Waals surface area (Å²) in [6.07, 6.45) is 1.75. The Labute approximate surface area is 127 Å². The Morgan fingerprint density at radius 2 is 2.05 bits per heavy atom. The molecule has 2 heterocycles. The van der Waals surface area contributed by atoms with Crippen LogP contribution >= 0.6 is 11.8 Å². The van der Waals surface area contributed by atoms with Crippen LogP contribution < -0.4 is 10.9 Å². The minimum atomic E-state index is -0.131. The van der Waals surface area contributed by atoms with Crippen LogP contribution in [-0.2, 0) is 6.42 Å². The summed E-state index contributed by atoms with van der Waals surface area (Å²) in [7, 11) is 0. The van der Waals surface area contributed by atoms with Crippen LogP contribution in [0.1, 0.15) is 31.7 Å². The van der Waals surface area contributed by atoms with Crippen LogP contribution in [0.4, 0.5) is 5.95 Å². The summed E-state index contributed by atoms with van der Waals surface area (Å²) in [5.41, 5.74) is 1.55. The second kappa shape index (κ2) is 7.21. The second-order valence-electron chi connectivity index (χ2n) is 4.60. The number of hydrogen-bond acceptors (Lipinski definition) is 6. The van der Waals surface area contributed by atoms with Gasteiger partial charge >= 0.3 is 0 Å². The minimum Gasteiger partial charge on any atom is -0.354 e. The monoisotopic (exact) mass is 305 g/mol. The van der Waals surface area contributed by atoms with Crippen LogP contribution in [0, 0.1) is 6.92 Å². The molecule has 0 aliphatic carbocycles. The van der Waals surface area contributed by atoms with Gasteiger partial charge in [-0.15, -0.1) is 0 Å². The molecule has 0 fully saturated rings. The van der Waals surface area contributed by atoms with E-state index in [1.807, 2.05) is 19.9 Å². The highest BCUT2D eigenvalue weighted by Gasteiger charge is 2.07. The smallest absolute Gasteiger partial charge is 0.251 e. The lowest BCUT2D eigenvalue weighted by Crippen LogP contribution is -2.10. The highest BCUT2D eigenvalue weighted by atomic mass is 32.2. The molecule has 0 aromatic carbocycles. The van der Waals surface area contributed by atoms with Crippen LogP contribution in [0.2, 0.25) is 0 Å². The van der Waals surface area contributed by atoms with Crippen LogP contribution in [0.5, 0.6) is 0 Å². The predicted octanol–water partition coefficient (Wildman–Crippen LogP) is 2.40. The Balaban J connectivity index is 2.27. The molecule has 0 saturated carbocycles. The summed E-state index contributed by atoms with van der Waals surface area (Å²) in [4.78, 5) is 27.6. The Morgan fingerprint density at radius 1 is 1.24 bits per heavy atom. The number of nitrogens with zero attached hydrogens (tertiary/aromatic N) is 3. The van der Waals surface area contributed by atoms with Gasteiger partial charge in [0.15, 0.2) is 5.16 Å². The lowest BCUT2D eigenvalue weighted by Gasteiger charge is -2.06. The second-order valence-corrected chi connectivity index (χ2v) is 5.60. The topological polar surface area (TPSA) is 83.6 Å². The molecule has 2 N–H and O–H groups in total. The van der Waals surface area contributed by atoms with Crippen molar-refractivity contribution in [3.63, 3.8) is 0 Å². The quantitative estimate of drug-likeness (QED) is 0.630. The highest BCUT2D eigenvalue weighted by molar-refractivity contribution is 7.99. The average molecular weight is 305 g/mol. The molecule has 112 valence electrons. The summed E-state index contributed by atoms with van der Waals surface area (Å²) >= 11 is 1.34. The third-order valence-electron chi connectivity index (χ3n) is 2.65. The highest BCUT2D eigenvalue weighted by Crippen LogP contribution is 2.23. The van der Waals surface area contributed by atoms with E-state index in [0.717, 1.165) is 35.8 Å². The fraction of sp³-hybridized carbons (Fsp3) is 0.429. The Hall–Kier alpha value is -1.89. The summed E-state index contributed by atoms with van der Waals surface area (Å²) in [5.74, 6) is 0.590. The van der Waals surface area contributed by atoms with Crippen LogP contribution in [-0.4, -0.2) is 26.5 Å². The Bertz CT molecular complexity index is 671. The number of hydrogen-bond donors (Lipinski definition) is 2. The van der Waals surface area contributed by atoms with Gasteiger partial charge < -0.3 is 10.3 Å². The molecule has 2 aromatic rings. The first kappa shape index (κ1) is 15.5. The summed E-state index contributed by atoms with van der Waals surface area (Å²) in [6.45, 7) is 6.73. The van der Waals surface area contributed by atoms with Crippen molar-refractivity contribution in [3.8, 4) is 0 Å². The molecule has 0 saturated heterocycles. The van der Waals surface area contributed by atoms with Gasteiger partial charge in [-0.25, -0.2) is 15.0 Å². The molecular formula is C14H19N5OS. The van der Waals surface area contributed by atoms with Gasteiger partial charge in [0.05, 0.1) is 0 Å². The number of aryl methyl sites for hydroxylation is 2. The minimum absolute atomic E-state index is 0.131. The van der Waals surface area contributed by atoms with Crippen molar-refractivity contribution < 1.29 is 0 Å². The number of rotatable bonds is 6. The third-order valence-corrected chi connectivity index (χ3v) is 3.45. The molecule has 0 aliphatic rings. The van der Waals surface area contributed by atoms with Gasteiger partial charge in [-0.1, -0.05) is 13.3 Å². The van der Waals surface area contributed by atoms with Gasteiger partial charge in [-0.3, -0.25) is 4.79 Å². The zero-order valence-corrected chi connectivity index (χ0v) is 13.3. The molecule has 0 aliphatic heterocycles. The maximum Gasteiger partial charge on any atom is 0.251 e. The van der Waals surface area contributed by atoms with E-state index in [1.54, 1.807) is 6.07 Å². The van der Waals surface area contributed by atoms with Gasteiger partial charge in [-0.2, -0.15) is 0 Å². The number of nitrogens with one attached hydrogen (secondary N) is 2. The SMILES string of the molecule is CCCc1cc(=O)[nH]c(Sc2cc(C)nc(NCC)n2)n1. The number of aromatic amines is 1. The van der Waals surface area contributed by atoms with Gasteiger partial charge in [0.1, 0.15) is 5.03 Å². The first-order valence-electron chi connectivity index (χ1n) is 6.98. The van der Waals surface area contributed by atoms with Crippen molar-refractivity contribution in [1.82, 2.24) is 19.9 Å². The molecular weight excluding hydrogens is 286 g/mol. The largest absolute Gasteiger partial charge is 0.354 e. The number of anilines is 1. The van der Waals surface area contributed by atoms with Gasteiger partial charge in [-0.05, 0) is 38.1 Å².